The van der Waals surface area contributed by atoms with Gasteiger partial charge < -0.3 is 19.9 Å². The predicted molar refractivity (Wildman–Crippen MR) is 161 cm³/mol. The lowest BCUT2D eigenvalue weighted by molar-refractivity contribution is -0.132. The first kappa shape index (κ1) is 30.3. The molecule has 1 saturated heterocycles. The second-order valence-electron chi connectivity index (χ2n) is 12.3. The van der Waals surface area contributed by atoms with E-state index >= 15 is 0 Å². The van der Waals surface area contributed by atoms with Gasteiger partial charge in [-0.2, -0.15) is 0 Å². The van der Waals surface area contributed by atoms with Crippen LogP contribution in [0.1, 0.15) is 65.9 Å². The number of carbonyl (C=O) groups is 2. The standard InChI is InChI=1S/C33H47N3O3/c1-25(22-33(3,4)5)21-31(37)36(23-26(2)20-27-10-8-7-9-11-27)24-28-16-18-35(19-17-28)32(38)34-29-12-14-30(39-6)15-13-29/h7-15,20,25,28H,16-19,21-24H2,1-6H3,(H,34,38)/b26-20+. The number of urea groups is 1. The van der Waals surface area contributed by atoms with Crippen LogP contribution in [0.4, 0.5) is 10.5 Å². The number of nitrogens with zero attached hydrogens (tertiary/aromatic N) is 2. The first-order valence-corrected chi connectivity index (χ1v) is 14.2. The Morgan fingerprint density at radius 3 is 2.31 bits per heavy atom. The summed E-state index contributed by atoms with van der Waals surface area (Å²) in [6.45, 7) is 13.7. The zero-order valence-electron chi connectivity index (χ0n) is 24.7. The van der Waals surface area contributed by atoms with E-state index in [1.54, 1.807) is 7.11 Å². The summed E-state index contributed by atoms with van der Waals surface area (Å²) in [4.78, 5) is 30.3. The molecule has 0 spiro atoms. The Morgan fingerprint density at radius 2 is 1.72 bits per heavy atom. The molecule has 0 aromatic heterocycles. The number of nitrogens with one attached hydrogen (secondary N) is 1. The molecule has 1 aliphatic rings. The Kier molecular flexibility index (Phi) is 11.0. The summed E-state index contributed by atoms with van der Waals surface area (Å²) in [5, 5.41) is 2.99. The van der Waals surface area contributed by atoms with Crippen molar-refractivity contribution in [3.8, 4) is 5.75 Å². The molecule has 2 aromatic carbocycles. The molecular formula is C33H47N3O3. The molecule has 39 heavy (non-hydrogen) atoms. The minimum absolute atomic E-state index is 0.0795. The van der Waals surface area contributed by atoms with E-state index in [1.807, 2.05) is 47.4 Å². The van der Waals surface area contributed by atoms with Gasteiger partial charge in [0.15, 0.2) is 0 Å². The van der Waals surface area contributed by atoms with E-state index in [0.717, 1.165) is 42.8 Å². The quantitative estimate of drug-likeness (QED) is 0.348. The van der Waals surface area contributed by atoms with Gasteiger partial charge in [-0.05, 0) is 73.3 Å². The lowest BCUT2D eigenvalue weighted by atomic mass is 9.84. The number of carbonyl (C=O) groups excluding carboxylic acids is 2. The number of methoxy groups -OCH3 is 1. The minimum atomic E-state index is -0.0795. The molecule has 6 nitrogen and oxygen atoms in total. The van der Waals surface area contributed by atoms with E-state index in [-0.39, 0.29) is 17.4 Å². The Hall–Kier alpha value is -3.28. The highest BCUT2D eigenvalue weighted by atomic mass is 16.5. The fourth-order valence-electron chi connectivity index (χ4n) is 5.49. The molecule has 6 heteroatoms. The van der Waals surface area contributed by atoms with Crippen LogP contribution < -0.4 is 10.1 Å². The normalized spacial score (nSPS) is 15.5. The molecule has 3 amide bonds. The van der Waals surface area contributed by atoms with Crippen molar-refractivity contribution in [3.63, 3.8) is 0 Å². The average molecular weight is 534 g/mol. The lowest BCUT2D eigenvalue weighted by Gasteiger charge is -2.35. The maximum Gasteiger partial charge on any atom is 0.321 e. The summed E-state index contributed by atoms with van der Waals surface area (Å²) in [7, 11) is 1.62. The van der Waals surface area contributed by atoms with Crippen LogP contribution in [0, 0.1) is 17.3 Å². The van der Waals surface area contributed by atoms with Crippen molar-refractivity contribution in [3.05, 3.63) is 65.7 Å². The first-order chi connectivity index (χ1) is 18.5. The Morgan fingerprint density at radius 1 is 1.08 bits per heavy atom. The number of hydrogen-bond acceptors (Lipinski definition) is 3. The summed E-state index contributed by atoms with van der Waals surface area (Å²) < 4.78 is 5.19. The highest BCUT2D eigenvalue weighted by Gasteiger charge is 2.27. The van der Waals surface area contributed by atoms with E-state index < -0.39 is 0 Å². The molecule has 0 aliphatic carbocycles. The number of amides is 3. The monoisotopic (exact) mass is 533 g/mol. The molecule has 1 fully saturated rings. The number of hydrogen-bond donors (Lipinski definition) is 1. The highest BCUT2D eigenvalue weighted by molar-refractivity contribution is 5.89. The number of likely N-dealkylation sites (tertiary alicyclic amines) is 1. The van der Waals surface area contributed by atoms with Gasteiger partial charge in [-0.3, -0.25) is 4.79 Å². The molecule has 1 atom stereocenters. The molecule has 1 aliphatic heterocycles. The van der Waals surface area contributed by atoms with E-state index in [2.05, 4.69) is 63.0 Å². The van der Waals surface area contributed by atoms with E-state index in [4.69, 9.17) is 4.74 Å². The van der Waals surface area contributed by atoms with Gasteiger partial charge in [-0.1, -0.05) is 69.7 Å². The van der Waals surface area contributed by atoms with E-state index in [0.29, 0.717) is 37.9 Å². The third-order valence-corrected chi connectivity index (χ3v) is 7.21. The summed E-state index contributed by atoms with van der Waals surface area (Å²) >= 11 is 0. The van der Waals surface area contributed by atoms with Gasteiger partial charge in [0.05, 0.1) is 7.11 Å². The molecule has 0 radical (unpaired) electrons. The smallest absolute Gasteiger partial charge is 0.321 e. The Balaban J connectivity index is 1.60. The minimum Gasteiger partial charge on any atom is -0.497 e. The molecule has 1 N–H and O–H groups in total. The second-order valence-corrected chi connectivity index (χ2v) is 12.3. The summed E-state index contributed by atoms with van der Waals surface area (Å²) in [5.74, 6) is 1.70. The van der Waals surface area contributed by atoms with Crippen LogP contribution in [0.5, 0.6) is 5.75 Å². The summed E-state index contributed by atoms with van der Waals surface area (Å²) in [6.07, 6.45) is 5.54. The number of benzene rings is 2. The fourth-order valence-corrected chi connectivity index (χ4v) is 5.49. The fraction of sp³-hybridized carbons (Fsp3) is 0.515. The maximum absolute atomic E-state index is 13.5. The Labute approximate surface area is 235 Å². The average Bonchev–Trinajstić information content (AvgIpc) is 2.88. The van der Waals surface area contributed by atoms with Crippen LogP contribution in [-0.4, -0.2) is 55.0 Å². The number of piperidine rings is 1. The van der Waals surface area contributed by atoms with Gasteiger partial charge in [-0.25, -0.2) is 4.79 Å². The van der Waals surface area contributed by atoms with E-state index in [1.165, 1.54) is 5.57 Å². The van der Waals surface area contributed by atoms with Gasteiger partial charge in [-0.15, -0.1) is 0 Å². The van der Waals surface area contributed by atoms with Crippen LogP contribution >= 0.6 is 0 Å². The summed E-state index contributed by atoms with van der Waals surface area (Å²) in [5.41, 5.74) is 3.28. The molecule has 0 bridgehead atoms. The van der Waals surface area contributed by atoms with Crippen molar-refractivity contribution in [1.82, 2.24) is 9.80 Å². The Bertz CT molecular complexity index is 1080. The van der Waals surface area contributed by atoms with Gasteiger partial charge in [0.25, 0.3) is 0 Å². The molecule has 0 saturated carbocycles. The number of anilines is 1. The van der Waals surface area contributed by atoms with Crippen LogP contribution in [0.15, 0.2) is 60.2 Å². The van der Waals surface area contributed by atoms with Crippen LogP contribution in [0.2, 0.25) is 0 Å². The molecule has 1 heterocycles. The molecular weight excluding hydrogens is 486 g/mol. The van der Waals surface area contributed by atoms with Crippen molar-refractivity contribution in [2.24, 2.45) is 17.3 Å². The van der Waals surface area contributed by atoms with E-state index in [9.17, 15) is 9.59 Å². The zero-order chi connectivity index (χ0) is 28.4. The second kappa shape index (κ2) is 14.2. The zero-order valence-corrected chi connectivity index (χ0v) is 24.7. The van der Waals surface area contributed by atoms with Crippen LogP contribution in [-0.2, 0) is 4.79 Å². The summed E-state index contributed by atoms with van der Waals surface area (Å²) in [6, 6.07) is 17.6. The molecule has 1 unspecified atom stereocenters. The molecule has 2 aromatic rings. The van der Waals surface area contributed by atoms with Crippen molar-refractivity contribution in [2.75, 3.05) is 38.6 Å². The van der Waals surface area contributed by atoms with Gasteiger partial charge >= 0.3 is 6.03 Å². The van der Waals surface area contributed by atoms with Crippen molar-refractivity contribution < 1.29 is 14.3 Å². The number of rotatable bonds is 10. The lowest BCUT2D eigenvalue weighted by Crippen LogP contribution is -2.44. The predicted octanol–water partition coefficient (Wildman–Crippen LogP) is 7.33. The van der Waals surface area contributed by atoms with Crippen LogP contribution in [0.25, 0.3) is 6.08 Å². The van der Waals surface area contributed by atoms with Crippen LogP contribution in [0.3, 0.4) is 0 Å². The molecule has 3 rings (SSSR count). The SMILES string of the molecule is COc1ccc(NC(=O)N2CCC(CN(C/C(C)=C/c3ccccc3)C(=O)CC(C)CC(C)(C)C)CC2)cc1. The van der Waals surface area contributed by atoms with Gasteiger partial charge in [0.2, 0.25) is 5.91 Å². The van der Waals surface area contributed by atoms with Gasteiger partial charge in [0.1, 0.15) is 5.75 Å². The third kappa shape index (κ3) is 10.4. The van der Waals surface area contributed by atoms with Gasteiger partial charge in [0, 0.05) is 38.3 Å². The van der Waals surface area contributed by atoms with Crippen molar-refractivity contribution in [1.29, 1.82) is 0 Å². The largest absolute Gasteiger partial charge is 0.497 e. The maximum atomic E-state index is 13.5. The first-order valence-electron chi connectivity index (χ1n) is 14.2. The molecule has 212 valence electrons. The van der Waals surface area contributed by atoms with Crippen molar-refractivity contribution in [2.45, 2.75) is 60.3 Å². The third-order valence-electron chi connectivity index (χ3n) is 7.21. The topological polar surface area (TPSA) is 61.9 Å². The number of ether oxygens (including phenoxy) is 1. The highest BCUT2D eigenvalue weighted by Crippen LogP contribution is 2.27. The van der Waals surface area contributed by atoms with Crippen molar-refractivity contribution >= 4 is 23.7 Å².